The van der Waals surface area contributed by atoms with E-state index in [0.717, 1.165) is 26.4 Å². The van der Waals surface area contributed by atoms with Crippen molar-refractivity contribution >= 4 is 18.6 Å². The summed E-state index contributed by atoms with van der Waals surface area (Å²) in [6.45, 7) is 6.28. The molecule has 2 fully saturated rings. The van der Waals surface area contributed by atoms with Gasteiger partial charge in [0.2, 0.25) is 0 Å². The first kappa shape index (κ1) is 12.5. The maximum absolute atomic E-state index is 9.52. The van der Waals surface area contributed by atoms with Gasteiger partial charge in [-0.05, 0) is 0 Å². The molecule has 0 saturated carbocycles. The van der Waals surface area contributed by atoms with Crippen LogP contribution in [0.3, 0.4) is 0 Å². The number of aliphatic carboxylic acids is 1. The van der Waals surface area contributed by atoms with Crippen LogP contribution in [0.1, 0.15) is 0 Å². The third-order valence-electron chi connectivity index (χ3n) is 1.66. The largest absolute Gasteiger partial charge is 0.477 e. The van der Waals surface area contributed by atoms with Crippen LogP contribution in [0.5, 0.6) is 0 Å². The zero-order valence-corrected chi connectivity index (χ0v) is 9.11. The number of hydrogen-bond donors (Lipinski definition) is 2. The molecule has 2 rings (SSSR count). The molecule has 2 aliphatic rings. The highest BCUT2D eigenvalue weighted by atomic mass is 32.1. The number of thiol groups is 1. The van der Waals surface area contributed by atoms with Gasteiger partial charge in [-0.25, -0.2) is 4.79 Å². The second-order valence-electron chi connectivity index (χ2n) is 3.20. The normalized spacial score (nSPS) is 26.2. The van der Waals surface area contributed by atoms with E-state index in [2.05, 4.69) is 19.2 Å². The summed E-state index contributed by atoms with van der Waals surface area (Å²) >= 11 is 3.40. The van der Waals surface area contributed by atoms with Crippen LogP contribution in [0.25, 0.3) is 0 Å². The summed E-state index contributed by atoms with van der Waals surface area (Å²) < 4.78 is 15.1. The molecular weight excluding hydrogens is 220 g/mol. The summed E-state index contributed by atoms with van der Waals surface area (Å²) in [6, 6.07) is 0. The van der Waals surface area contributed by atoms with Crippen molar-refractivity contribution in [3.05, 3.63) is 11.5 Å². The maximum Gasteiger partial charge on any atom is 0.341 e. The molecule has 0 aromatic carbocycles. The number of carbonyl (C=O) groups is 1. The molecule has 2 unspecified atom stereocenters. The van der Waals surface area contributed by atoms with Crippen LogP contribution in [0, 0.1) is 0 Å². The van der Waals surface area contributed by atoms with E-state index in [9.17, 15) is 4.79 Å². The number of carboxylic acid groups (broad SMARTS) is 1. The second-order valence-corrected chi connectivity index (χ2v) is 3.74. The minimum atomic E-state index is -1.07. The van der Waals surface area contributed by atoms with Crippen molar-refractivity contribution in [2.45, 2.75) is 12.2 Å². The van der Waals surface area contributed by atoms with Gasteiger partial charge in [0.15, 0.2) is 0 Å². The van der Waals surface area contributed by atoms with E-state index in [0.29, 0.717) is 12.2 Å². The van der Waals surface area contributed by atoms with Crippen LogP contribution >= 0.6 is 12.6 Å². The zero-order valence-electron chi connectivity index (χ0n) is 8.22. The van der Waals surface area contributed by atoms with Crippen molar-refractivity contribution < 1.29 is 24.1 Å². The third-order valence-corrected chi connectivity index (χ3v) is 1.85. The van der Waals surface area contributed by atoms with E-state index in [1.54, 1.807) is 0 Å². The molecule has 5 nitrogen and oxygen atoms in total. The molecule has 0 spiro atoms. The lowest BCUT2D eigenvalue weighted by Gasteiger charge is -1.95. The van der Waals surface area contributed by atoms with Gasteiger partial charge >= 0.3 is 5.97 Å². The van der Waals surface area contributed by atoms with Gasteiger partial charge < -0.3 is 19.3 Å². The number of epoxide rings is 2. The Morgan fingerprint density at radius 2 is 1.73 bits per heavy atom. The number of hydrogen-bond acceptors (Lipinski definition) is 5. The van der Waals surface area contributed by atoms with E-state index in [4.69, 9.17) is 19.3 Å². The monoisotopic (exact) mass is 234 g/mol. The van der Waals surface area contributed by atoms with E-state index < -0.39 is 5.97 Å². The number of rotatable bonds is 5. The van der Waals surface area contributed by atoms with Gasteiger partial charge in [0.05, 0.1) is 31.3 Å². The Hall–Kier alpha value is -0.560. The van der Waals surface area contributed by atoms with Crippen LogP contribution in [-0.2, 0) is 19.0 Å². The van der Waals surface area contributed by atoms with Gasteiger partial charge in [-0.15, -0.1) is 12.6 Å². The minimum absolute atomic E-state index is 0.130. The van der Waals surface area contributed by atoms with Crippen LogP contribution < -0.4 is 0 Å². The van der Waals surface area contributed by atoms with Crippen molar-refractivity contribution in [1.29, 1.82) is 0 Å². The Bertz CT molecular complexity index is 211. The third kappa shape index (κ3) is 7.38. The molecule has 2 atom stereocenters. The molecule has 6 heteroatoms. The molecule has 86 valence electrons. The van der Waals surface area contributed by atoms with Gasteiger partial charge in [0.25, 0.3) is 0 Å². The molecule has 0 radical (unpaired) electrons. The van der Waals surface area contributed by atoms with E-state index in [1.807, 2.05) is 0 Å². The van der Waals surface area contributed by atoms with Gasteiger partial charge in [-0.2, -0.15) is 0 Å². The van der Waals surface area contributed by atoms with Crippen LogP contribution in [-0.4, -0.2) is 49.7 Å². The summed E-state index contributed by atoms with van der Waals surface area (Å²) in [6.07, 6.45) is 0.785. The molecule has 2 saturated heterocycles. The summed E-state index contributed by atoms with van der Waals surface area (Å²) in [7, 11) is 0. The van der Waals surface area contributed by atoms with E-state index in [-0.39, 0.29) is 4.91 Å². The summed E-state index contributed by atoms with van der Waals surface area (Å²) in [5, 5.41) is 7.81. The highest BCUT2D eigenvalue weighted by Gasteiger charge is 2.26. The molecule has 1 N–H and O–H groups in total. The molecule has 0 aromatic rings. The smallest absolute Gasteiger partial charge is 0.341 e. The molecule has 0 amide bonds. The maximum atomic E-state index is 9.52. The molecule has 0 aromatic heterocycles. The lowest BCUT2D eigenvalue weighted by atomic mass is 10.5. The first-order valence-electron chi connectivity index (χ1n) is 4.51. The van der Waals surface area contributed by atoms with Crippen molar-refractivity contribution in [1.82, 2.24) is 0 Å². The van der Waals surface area contributed by atoms with Gasteiger partial charge in [0.1, 0.15) is 12.2 Å². The predicted octanol–water partition coefficient (Wildman–Crippen LogP) is 0.315. The Morgan fingerprint density at radius 1 is 1.40 bits per heavy atom. The van der Waals surface area contributed by atoms with Crippen molar-refractivity contribution in [2.24, 2.45) is 0 Å². The highest BCUT2D eigenvalue weighted by Crippen LogP contribution is 2.12. The predicted molar refractivity (Wildman–Crippen MR) is 56.1 cm³/mol. The Kier molecular flexibility index (Phi) is 5.10. The van der Waals surface area contributed by atoms with Crippen molar-refractivity contribution in [3.63, 3.8) is 0 Å². The number of carboxylic acids is 1. The first-order chi connectivity index (χ1) is 7.09. The topological polar surface area (TPSA) is 71.6 Å². The first-order valence-corrected chi connectivity index (χ1v) is 4.96. The fraction of sp³-hybridized carbons (Fsp3) is 0.667. The average molecular weight is 234 g/mol. The van der Waals surface area contributed by atoms with E-state index in [1.165, 1.54) is 0 Å². The van der Waals surface area contributed by atoms with E-state index >= 15 is 0 Å². The Morgan fingerprint density at radius 3 is 1.93 bits per heavy atom. The van der Waals surface area contributed by atoms with Crippen LogP contribution in [0.15, 0.2) is 11.5 Å². The summed E-state index contributed by atoms with van der Waals surface area (Å²) in [5.41, 5.74) is 0. The van der Waals surface area contributed by atoms with Gasteiger partial charge in [-0.1, -0.05) is 6.58 Å². The Balaban J connectivity index is 0.000000167. The minimum Gasteiger partial charge on any atom is -0.477 e. The average Bonchev–Trinajstić information content (AvgIpc) is 2.99. The lowest BCUT2D eigenvalue weighted by molar-refractivity contribution is -0.131. The van der Waals surface area contributed by atoms with Gasteiger partial charge in [-0.3, -0.25) is 0 Å². The van der Waals surface area contributed by atoms with Crippen molar-refractivity contribution in [3.8, 4) is 0 Å². The number of ether oxygens (including phenoxy) is 3. The zero-order chi connectivity index (χ0) is 11.3. The summed E-state index contributed by atoms with van der Waals surface area (Å²) in [5.74, 6) is -1.07. The molecular formula is C9H14O5S. The van der Waals surface area contributed by atoms with Crippen LogP contribution in [0.4, 0.5) is 0 Å². The van der Waals surface area contributed by atoms with Crippen LogP contribution in [0.2, 0.25) is 0 Å². The van der Waals surface area contributed by atoms with Gasteiger partial charge in [0, 0.05) is 0 Å². The molecule has 2 heterocycles. The molecule has 2 aliphatic heterocycles. The molecule has 0 bridgehead atoms. The molecule has 0 aliphatic carbocycles. The highest BCUT2D eigenvalue weighted by molar-refractivity contribution is 7.85. The second kappa shape index (κ2) is 6.12. The van der Waals surface area contributed by atoms with Crippen molar-refractivity contribution in [2.75, 3.05) is 26.4 Å². The fourth-order valence-corrected chi connectivity index (χ4v) is 0.659. The fourth-order valence-electron chi connectivity index (χ4n) is 0.659. The lowest BCUT2D eigenvalue weighted by Crippen LogP contribution is -2.06. The standard InChI is InChI=1S/C6H10O3.C3H4O2S/c1(5-3-8-5)7-2-6-4-9-6;1-2(6)3(4)5/h5-6H,1-4H2;6H,1H2,(H,4,5). The SMILES string of the molecule is C(OCC1CO1)C1CO1.C=C(S)C(=O)O. The quantitative estimate of drug-likeness (QED) is 0.407. The molecule has 15 heavy (non-hydrogen) atoms. The summed E-state index contributed by atoms with van der Waals surface area (Å²) in [4.78, 5) is 9.39. The Labute approximate surface area is 93.4 Å².